The van der Waals surface area contributed by atoms with E-state index in [-0.39, 0.29) is 23.8 Å². The minimum atomic E-state index is -1.26. The summed E-state index contributed by atoms with van der Waals surface area (Å²) in [5.41, 5.74) is -0.325. The first-order chi connectivity index (χ1) is 8.40. The summed E-state index contributed by atoms with van der Waals surface area (Å²) in [4.78, 5) is 22.2. The third-order valence-electron chi connectivity index (χ3n) is 2.00. The predicted octanol–water partition coefficient (Wildman–Crippen LogP) is 2.73. The lowest BCUT2D eigenvalue weighted by atomic mass is 10.2. The van der Waals surface area contributed by atoms with Crippen molar-refractivity contribution >= 4 is 17.7 Å². The first-order valence-electron chi connectivity index (χ1n) is 5.36. The molecule has 1 amide bonds. The van der Waals surface area contributed by atoms with Gasteiger partial charge in [-0.25, -0.2) is 14.0 Å². The van der Waals surface area contributed by atoms with Gasteiger partial charge in [0.15, 0.2) is 0 Å². The summed E-state index contributed by atoms with van der Waals surface area (Å²) in [7, 11) is 0. The molecule has 0 heterocycles. The van der Waals surface area contributed by atoms with Crippen LogP contribution in [0.4, 0.5) is 14.9 Å². The first kappa shape index (κ1) is 14.0. The fourth-order valence-electron chi connectivity index (χ4n) is 1.19. The van der Waals surface area contributed by atoms with Crippen LogP contribution in [0, 0.1) is 11.7 Å². The molecule has 1 aromatic rings. The average molecular weight is 255 g/mol. The van der Waals surface area contributed by atoms with Crippen molar-refractivity contribution in [2.75, 3.05) is 11.9 Å². The minimum absolute atomic E-state index is 0.128. The lowest BCUT2D eigenvalue weighted by Crippen LogP contribution is -2.18. The number of ether oxygens (including phenoxy) is 1. The molecule has 98 valence electrons. The SMILES string of the molecule is CC(C)COC(=O)Nc1cc(F)ccc1C(=O)O. The number of carbonyl (C=O) groups excluding carboxylic acids is 1. The number of rotatable bonds is 4. The van der Waals surface area contributed by atoms with Crippen LogP contribution in [0.15, 0.2) is 18.2 Å². The summed E-state index contributed by atoms with van der Waals surface area (Å²) in [5.74, 6) is -1.74. The molecule has 0 radical (unpaired) electrons. The highest BCUT2D eigenvalue weighted by molar-refractivity contribution is 5.98. The predicted molar refractivity (Wildman–Crippen MR) is 63.2 cm³/mol. The number of halogens is 1. The van der Waals surface area contributed by atoms with E-state index < -0.39 is 17.9 Å². The van der Waals surface area contributed by atoms with Gasteiger partial charge in [-0.2, -0.15) is 0 Å². The monoisotopic (exact) mass is 255 g/mol. The Bertz CT molecular complexity index is 459. The Labute approximate surface area is 104 Å². The molecule has 0 saturated carbocycles. The van der Waals surface area contributed by atoms with Crippen molar-refractivity contribution in [3.63, 3.8) is 0 Å². The highest BCUT2D eigenvalue weighted by Crippen LogP contribution is 2.17. The van der Waals surface area contributed by atoms with Gasteiger partial charge in [0.2, 0.25) is 0 Å². The van der Waals surface area contributed by atoms with Crippen LogP contribution in [0.3, 0.4) is 0 Å². The van der Waals surface area contributed by atoms with Gasteiger partial charge >= 0.3 is 12.1 Å². The topological polar surface area (TPSA) is 75.6 Å². The van der Waals surface area contributed by atoms with Gasteiger partial charge in [-0.05, 0) is 24.1 Å². The van der Waals surface area contributed by atoms with Gasteiger partial charge in [0.25, 0.3) is 0 Å². The van der Waals surface area contributed by atoms with E-state index in [1.165, 1.54) is 0 Å². The Balaban J connectivity index is 2.79. The molecule has 5 nitrogen and oxygen atoms in total. The third kappa shape index (κ3) is 4.04. The molecule has 0 spiro atoms. The molecule has 0 atom stereocenters. The maximum absolute atomic E-state index is 13.0. The van der Waals surface area contributed by atoms with Gasteiger partial charge in [-0.1, -0.05) is 13.8 Å². The Hall–Kier alpha value is -2.11. The van der Waals surface area contributed by atoms with E-state index >= 15 is 0 Å². The van der Waals surface area contributed by atoms with Crippen LogP contribution in [0.2, 0.25) is 0 Å². The molecule has 0 aromatic heterocycles. The Morgan fingerprint density at radius 3 is 2.67 bits per heavy atom. The Morgan fingerprint density at radius 2 is 2.11 bits per heavy atom. The minimum Gasteiger partial charge on any atom is -0.478 e. The number of carboxylic acid groups (broad SMARTS) is 1. The first-order valence-corrected chi connectivity index (χ1v) is 5.36. The number of amides is 1. The normalized spacial score (nSPS) is 10.2. The van der Waals surface area contributed by atoms with Crippen LogP contribution in [0.25, 0.3) is 0 Å². The van der Waals surface area contributed by atoms with Crippen LogP contribution < -0.4 is 5.32 Å². The second kappa shape index (κ2) is 6.00. The summed E-state index contributed by atoms with van der Waals surface area (Å²) in [6.07, 6.45) is -0.809. The molecule has 2 N–H and O–H groups in total. The average Bonchev–Trinajstić information content (AvgIpc) is 2.26. The quantitative estimate of drug-likeness (QED) is 0.867. The van der Waals surface area contributed by atoms with Crippen LogP contribution in [0.5, 0.6) is 0 Å². The zero-order valence-electron chi connectivity index (χ0n) is 10.1. The number of benzene rings is 1. The van der Waals surface area contributed by atoms with Gasteiger partial charge < -0.3 is 9.84 Å². The van der Waals surface area contributed by atoms with Crippen molar-refractivity contribution in [1.29, 1.82) is 0 Å². The van der Waals surface area contributed by atoms with Gasteiger partial charge in [0.1, 0.15) is 5.82 Å². The zero-order chi connectivity index (χ0) is 13.7. The fraction of sp³-hybridized carbons (Fsp3) is 0.333. The molecule has 0 aliphatic rings. The second-order valence-corrected chi connectivity index (χ2v) is 4.11. The van der Waals surface area contributed by atoms with E-state index in [0.717, 1.165) is 18.2 Å². The Morgan fingerprint density at radius 1 is 1.44 bits per heavy atom. The molecule has 0 bridgehead atoms. The number of hydrogen-bond acceptors (Lipinski definition) is 3. The summed E-state index contributed by atoms with van der Waals surface area (Å²) in [6.45, 7) is 3.92. The molecule has 0 unspecified atom stereocenters. The number of carbonyl (C=O) groups is 2. The molecule has 1 rings (SSSR count). The van der Waals surface area contributed by atoms with E-state index in [9.17, 15) is 14.0 Å². The van der Waals surface area contributed by atoms with E-state index in [4.69, 9.17) is 9.84 Å². The van der Waals surface area contributed by atoms with Crippen molar-refractivity contribution in [3.8, 4) is 0 Å². The molecular formula is C12H14FNO4. The molecule has 0 fully saturated rings. The van der Waals surface area contributed by atoms with Gasteiger partial charge in [0.05, 0.1) is 17.9 Å². The molecule has 0 aliphatic carbocycles. The number of anilines is 1. The van der Waals surface area contributed by atoms with E-state index in [2.05, 4.69) is 5.32 Å². The maximum atomic E-state index is 13.0. The summed E-state index contributed by atoms with van der Waals surface area (Å²) in [5, 5.41) is 11.1. The highest BCUT2D eigenvalue weighted by atomic mass is 19.1. The molecule has 1 aromatic carbocycles. The molecule has 6 heteroatoms. The zero-order valence-corrected chi connectivity index (χ0v) is 10.1. The number of carboxylic acids is 1. The fourth-order valence-corrected chi connectivity index (χ4v) is 1.19. The van der Waals surface area contributed by atoms with Crippen LogP contribution in [-0.4, -0.2) is 23.8 Å². The molecule has 18 heavy (non-hydrogen) atoms. The van der Waals surface area contributed by atoms with E-state index in [0.29, 0.717) is 0 Å². The summed E-state index contributed by atoms with van der Waals surface area (Å²) in [6, 6.07) is 3.02. The van der Waals surface area contributed by atoms with E-state index in [1.807, 2.05) is 13.8 Å². The summed E-state index contributed by atoms with van der Waals surface area (Å²) < 4.78 is 17.8. The smallest absolute Gasteiger partial charge is 0.411 e. The number of nitrogens with one attached hydrogen (secondary N) is 1. The maximum Gasteiger partial charge on any atom is 0.411 e. The third-order valence-corrected chi connectivity index (χ3v) is 2.00. The highest BCUT2D eigenvalue weighted by Gasteiger charge is 2.14. The van der Waals surface area contributed by atoms with Crippen LogP contribution in [0.1, 0.15) is 24.2 Å². The van der Waals surface area contributed by atoms with Crippen molar-refractivity contribution in [1.82, 2.24) is 0 Å². The van der Waals surface area contributed by atoms with Crippen molar-refractivity contribution in [2.45, 2.75) is 13.8 Å². The van der Waals surface area contributed by atoms with Crippen molar-refractivity contribution in [3.05, 3.63) is 29.6 Å². The molecule has 0 aliphatic heterocycles. The van der Waals surface area contributed by atoms with Gasteiger partial charge in [-0.3, -0.25) is 5.32 Å². The number of aromatic carboxylic acids is 1. The molecular weight excluding hydrogens is 241 g/mol. The van der Waals surface area contributed by atoms with Gasteiger partial charge in [-0.15, -0.1) is 0 Å². The lowest BCUT2D eigenvalue weighted by Gasteiger charge is -2.10. The van der Waals surface area contributed by atoms with Crippen LogP contribution >= 0.6 is 0 Å². The standard InChI is InChI=1S/C12H14FNO4/c1-7(2)6-18-12(17)14-10-5-8(13)3-4-9(10)11(15)16/h3-5,7H,6H2,1-2H3,(H,14,17)(H,15,16). The van der Waals surface area contributed by atoms with Gasteiger partial charge in [0, 0.05) is 0 Å². The Kier molecular flexibility index (Phi) is 4.65. The van der Waals surface area contributed by atoms with E-state index in [1.54, 1.807) is 0 Å². The molecule has 0 saturated heterocycles. The lowest BCUT2D eigenvalue weighted by molar-refractivity contribution is 0.0698. The van der Waals surface area contributed by atoms with Crippen LogP contribution in [-0.2, 0) is 4.74 Å². The van der Waals surface area contributed by atoms with Crippen molar-refractivity contribution in [2.24, 2.45) is 5.92 Å². The van der Waals surface area contributed by atoms with Crippen molar-refractivity contribution < 1.29 is 23.8 Å². The second-order valence-electron chi connectivity index (χ2n) is 4.11. The largest absolute Gasteiger partial charge is 0.478 e. The summed E-state index contributed by atoms with van der Waals surface area (Å²) >= 11 is 0. The number of hydrogen-bond donors (Lipinski definition) is 2.